The van der Waals surface area contributed by atoms with Crippen molar-refractivity contribution in [2.24, 2.45) is 0 Å². The Labute approximate surface area is 145 Å². The predicted octanol–water partition coefficient (Wildman–Crippen LogP) is 5.00. The third-order valence-corrected chi connectivity index (χ3v) is 6.43. The van der Waals surface area contributed by atoms with Gasteiger partial charge in [0.15, 0.2) is 0 Å². The van der Waals surface area contributed by atoms with Gasteiger partial charge in [-0.3, -0.25) is 0 Å². The molecular formula is C16H10BBrN2S2. The lowest BCUT2D eigenvalue weighted by atomic mass is 9.95. The highest BCUT2D eigenvalue weighted by Crippen LogP contribution is 2.43. The monoisotopic (exact) mass is 384 g/mol. The van der Waals surface area contributed by atoms with E-state index < -0.39 is 0 Å². The van der Waals surface area contributed by atoms with Gasteiger partial charge in [-0.2, -0.15) is 0 Å². The van der Waals surface area contributed by atoms with E-state index in [1.54, 1.807) is 21.6 Å². The van der Waals surface area contributed by atoms with Crippen LogP contribution in [0.25, 0.3) is 21.8 Å². The van der Waals surface area contributed by atoms with E-state index in [1.165, 1.54) is 20.6 Å². The first-order chi connectivity index (χ1) is 10.7. The highest BCUT2D eigenvalue weighted by Gasteiger charge is 2.09. The Morgan fingerprint density at radius 2 is 1.41 bits per heavy atom. The van der Waals surface area contributed by atoms with Crippen molar-refractivity contribution in [1.82, 2.24) is 9.97 Å². The fourth-order valence-electron chi connectivity index (χ4n) is 2.41. The maximum atomic E-state index is 5.89. The van der Waals surface area contributed by atoms with Crippen LogP contribution in [0, 0.1) is 0 Å². The molecule has 2 N–H and O–H groups in total. The number of rotatable bonds is 3. The lowest BCUT2D eigenvalue weighted by Gasteiger charge is -2.00. The molecule has 0 spiro atoms. The Balaban J connectivity index is 1.65. The minimum atomic E-state index is 0.787. The third-order valence-electron chi connectivity index (χ3n) is 3.49. The minimum absolute atomic E-state index is 0.787. The number of fused-ring (bicyclic) bond motifs is 2. The summed E-state index contributed by atoms with van der Waals surface area (Å²) in [5, 5.41) is 2.39. The zero-order valence-electron chi connectivity index (χ0n) is 11.4. The van der Waals surface area contributed by atoms with Crippen molar-refractivity contribution >= 4 is 72.6 Å². The second-order valence-electron chi connectivity index (χ2n) is 4.97. The molecule has 0 aliphatic rings. The number of halogens is 1. The number of H-pyrrole nitrogens is 2. The summed E-state index contributed by atoms with van der Waals surface area (Å²) in [6, 6.07) is 12.2. The Bertz CT molecular complexity index is 897. The number of benzene rings is 2. The van der Waals surface area contributed by atoms with Crippen LogP contribution in [0.15, 0.2) is 63.1 Å². The lowest BCUT2D eigenvalue weighted by Crippen LogP contribution is -1.98. The molecule has 0 saturated carbocycles. The van der Waals surface area contributed by atoms with Gasteiger partial charge in [-0.05, 0) is 24.3 Å². The van der Waals surface area contributed by atoms with Crippen LogP contribution in [0.5, 0.6) is 0 Å². The van der Waals surface area contributed by atoms with Crippen LogP contribution in [-0.2, 0) is 0 Å². The summed E-state index contributed by atoms with van der Waals surface area (Å²) in [6.45, 7) is 0. The van der Waals surface area contributed by atoms with E-state index in [2.05, 4.69) is 44.2 Å². The summed E-state index contributed by atoms with van der Waals surface area (Å²) in [4.78, 5) is 9.01. The van der Waals surface area contributed by atoms with Crippen LogP contribution < -0.4 is 5.46 Å². The molecule has 2 heterocycles. The molecule has 2 nitrogen and oxygen atoms in total. The maximum absolute atomic E-state index is 5.89. The largest absolute Gasteiger partial charge is 0.360 e. The summed E-state index contributed by atoms with van der Waals surface area (Å²) < 4.78 is 1.09. The van der Waals surface area contributed by atoms with Crippen molar-refractivity contribution < 1.29 is 0 Å². The predicted molar refractivity (Wildman–Crippen MR) is 101 cm³/mol. The first-order valence-electron chi connectivity index (χ1n) is 6.68. The van der Waals surface area contributed by atoms with Gasteiger partial charge in [0.05, 0.1) is 0 Å². The Morgan fingerprint density at radius 3 is 2.09 bits per heavy atom. The first-order valence-corrected chi connectivity index (χ1v) is 9.63. The zero-order valence-corrected chi connectivity index (χ0v) is 14.6. The molecule has 0 aliphatic heterocycles. The number of aromatic nitrogens is 2. The molecule has 0 fully saturated rings. The van der Waals surface area contributed by atoms with Gasteiger partial charge in [0.25, 0.3) is 0 Å². The molecule has 0 bridgehead atoms. The van der Waals surface area contributed by atoms with E-state index in [0.29, 0.717) is 0 Å². The van der Waals surface area contributed by atoms with Crippen molar-refractivity contribution in [1.29, 1.82) is 0 Å². The molecule has 4 rings (SSSR count). The van der Waals surface area contributed by atoms with Gasteiger partial charge in [-0.15, -0.1) is 0 Å². The van der Waals surface area contributed by atoms with E-state index in [1.807, 2.05) is 30.5 Å². The van der Waals surface area contributed by atoms with Gasteiger partial charge in [-0.1, -0.05) is 55.1 Å². The summed E-state index contributed by atoms with van der Waals surface area (Å²) in [5.74, 6) is 0. The van der Waals surface area contributed by atoms with Crippen LogP contribution in [0.3, 0.4) is 0 Å². The number of hydrogen-bond acceptors (Lipinski definition) is 2. The molecule has 0 atom stereocenters. The van der Waals surface area contributed by atoms with Gasteiger partial charge < -0.3 is 9.97 Å². The zero-order chi connectivity index (χ0) is 15.1. The SMILES string of the molecule is [B]c1ccc2[nH]cc(SSc3c[nH]c4ccc(Br)cc34)c2c1. The smallest absolute Gasteiger partial charge is 0.113 e. The quantitative estimate of drug-likeness (QED) is 0.384. The maximum Gasteiger partial charge on any atom is 0.113 e. The molecule has 2 radical (unpaired) electrons. The van der Waals surface area contributed by atoms with E-state index in [0.717, 1.165) is 21.0 Å². The third kappa shape index (κ3) is 2.60. The Morgan fingerprint density at radius 1 is 0.818 bits per heavy atom. The minimum Gasteiger partial charge on any atom is -0.360 e. The molecule has 2 aromatic carbocycles. The van der Waals surface area contributed by atoms with Gasteiger partial charge in [0, 0.05) is 48.5 Å². The number of hydrogen-bond donors (Lipinski definition) is 2. The highest BCUT2D eigenvalue weighted by atomic mass is 79.9. The van der Waals surface area contributed by atoms with Gasteiger partial charge in [-0.25, -0.2) is 0 Å². The molecular weight excluding hydrogens is 375 g/mol. The van der Waals surface area contributed by atoms with Gasteiger partial charge in [0.1, 0.15) is 7.85 Å². The van der Waals surface area contributed by atoms with Gasteiger partial charge >= 0.3 is 0 Å². The summed E-state index contributed by atoms with van der Waals surface area (Å²) in [5.41, 5.74) is 3.04. The molecule has 0 amide bonds. The lowest BCUT2D eigenvalue weighted by molar-refractivity contribution is 1.42. The average molecular weight is 385 g/mol. The second-order valence-corrected chi connectivity index (χ2v) is 8.10. The summed E-state index contributed by atoms with van der Waals surface area (Å²) in [6.07, 6.45) is 4.09. The number of nitrogens with one attached hydrogen (secondary N) is 2. The van der Waals surface area contributed by atoms with E-state index >= 15 is 0 Å². The second kappa shape index (κ2) is 5.76. The first kappa shape index (κ1) is 14.4. The van der Waals surface area contributed by atoms with Crippen LogP contribution in [-0.4, -0.2) is 17.8 Å². The fourth-order valence-corrected chi connectivity index (χ4v) is 5.05. The highest BCUT2D eigenvalue weighted by molar-refractivity contribution is 9.10. The van der Waals surface area contributed by atoms with Crippen molar-refractivity contribution in [2.75, 3.05) is 0 Å². The average Bonchev–Trinajstić information content (AvgIpc) is 3.08. The molecule has 22 heavy (non-hydrogen) atoms. The van der Waals surface area contributed by atoms with Crippen LogP contribution in [0.4, 0.5) is 0 Å². The molecule has 6 heteroatoms. The van der Waals surface area contributed by atoms with E-state index in [-0.39, 0.29) is 0 Å². The van der Waals surface area contributed by atoms with E-state index in [4.69, 9.17) is 7.85 Å². The van der Waals surface area contributed by atoms with Crippen molar-refractivity contribution in [3.63, 3.8) is 0 Å². The van der Waals surface area contributed by atoms with Crippen LogP contribution in [0.2, 0.25) is 0 Å². The van der Waals surface area contributed by atoms with E-state index in [9.17, 15) is 0 Å². The van der Waals surface area contributed by atoms with Crippen molar-refractivity contribution in [3.05, 3.63) is 53.3 Å². The standard InChI is InChI=1S/C16H10BBrN2S2/c17-9-1-3-13-11(5-9)15(7-19-13)21-22-16-8-20-14-4-2-10(18)6-12(14)16/h1-8,19-20H. The van der Waals surface area contributed by atoms with Gasteiger partial charge in [0.2, 0.25) is 0 Å². The normalized spacial score (nSPS) is 11.5. The van der Waals surface area contributed by atoms with Crippen molar-refractivity contribution in [3.8, 4) is 0 Å². The molecule has 4 aromatic rings. The van der Waals surface area contributed by atoms with Crippen molar-refractivity contribution in [2.45, 2.75) is 9.79 Å². The Hall–Kier alpha value is -1.24. The Kier molecular flexibility index (Phi) is 3.76. The number of aromatic amines is 2. The molecule has 0 aliphatic carbocycles. The molecule has 106 valence electrons. The van der Waals surface area contributed by atoms with Crippen LogP contribution in [0.1, 0.15) is 0 Å². The van der Waals surface area contributed by atoms with Crippen LogP contribution >= 0.6 is 37.5 Å². The molecule has 0 unspecified atom stereocenters. The molecule has 2 aromatic heterocycles. The summed E-state index contributed by atoms with van der Waals surface area (Å²) >= 11 is 3.53. The summed E-state index contributed by atoms with van der Waals surface area (Å²) in [7, 11) is 9.38. The molecule has 0 saturated heterocycles. The topological polar surface area (TPSA) is 31.6 Å². The fraction of sp³-hybridized carbons (Fsp3) is 0.